The van der Waals surface area contributed by atoms with Crippen LogP contribution in [0.1, 0.15) is 44.2 Å². The molecule has 2 aromatic rings. The minimum absolute atomic E-state index is 0.0919. The molecule has 0 spiro atoms. The molecule has 4 nitrogen and oxygen atoms in total. The first-order valence-electron chi connectivity index (χ1n) is 9.94. The van der Waals surface area contributed by atoms with Crippen LogP contribution in [0.5, 0.6) is 0 Å². The van der Waals surface area contributed by atoms with Crippen molar-refractivity contribution < 1.29 is 16.8 Å². The molecule has 0 bridgehead atoms. The summed E-state index contributed by atoms with van der Waals surface area (Å²) in [5, 5.41) is 0. The van der Waals surface area contributed by atoms with Crippen LogP contribution in [0.15, 0.2) is 68.8 Å². The first kappa shape index (κ1) is 23.9. The van der Waals surface area contributed by atoms with Gasteiger partial charge in [-0.2, -0.15) is 0 Å². The van der Waals surface area contributed by atoms with Gasteiger partial charge in [-0.1, -0.05) is 67.5 Å². The number of aryl methyl sites for hydroxylation is 2. The molecule has 0 aliphatic heterocycles. The summed E-state index contributed by atoms with van der Waals surface area (Å²) in [6.45, 7) is 7.47. The van der Waals surface area contributed by atoms with E-state index in [4.69, 9.17) is 0 Å². The third kappa shape index (κ3) is 5.84. The number of benzene rings is 2. The van der Waals surface area contributed by atoms with Crippen LogP contribution in [0.2, 0.25) is 0 Å². The number of sulfone groups is 2. The van der Waals surface area contributed by atoms with Crippen LogP contribution in [0.25, 0.3) is 0 Å². The van der Waals surface area contributed by atoms with E-state index in [1.807, 2.05) is 27.7 Å². The maximum Gasteiger partial charge on any atom is 0.214 e. The molecule has 0 atom stereocenters. The lowest BCUT2D eigenvalue weighted by Gasteiger charge is -2.13. The van der Waals surface area contributed by atoms with E-state index in [9.17, 15) is 16.8 Å². The Morgan fingerprint density at radius 3 is 1.77 bits per heavy atom. The Hall–Kier alpha value is -2.36. The van der Waals surface area contributed by atoms with Gasteiger partial charge in [0.2, 0.25) is 9.84 Å². The SMILES string of the molecule is CCC#C/C(=C(/CCC)CS(=O)(=O)c1ccc(C)cc1)S(=O)(=O)c1ccc(C)cc1. The predicted octanol–water partition coefficient (Wildman–Crippen LogP) is 5.02. The lowest BCUT2D eigenvalue weighted by molar-refractivity contribution is 0.597. The molecule has 0 heterocycles. The van der Waals surface area contributed by atoms with Crippen LogP contribution in [0, 0.1) is 25.7 Å². The summed E-state index contributed by atoms with van der Waals surface area (Å²) in [5.74, 6) is 5.22. The molecule has 0 aliphatic carbocycles. The van der Waals surface area contributed by atoms with Gasteiger partial charge in [0.15, 0.2) is 9.84 Å². The van der Waals surface area contributed by atoms with Crippen LogP contribution in [0.4, 0.5) is 0 Å². The first-order valence-corrected chi connectivity index (χ1v) is 13.1. The summed E-state index contributed by atoms with van der Waals surface area (Å²) >= 11 is 0. The second-order valence-corrected chi connectivity index (χ2v) is 11.1. The molecule has 0 saturated carbocycles. The van der Waals surface area contributed by atoms with Crippen LogP contribution in [-0.2, 0) is 19.7 Å². The normalized spacial score (nSPS) is 12.7. The maximum atomic E-state index is 13.4. The highest BCUT2D eigenvalue weighted by atomic mass is 32.2. The van der Waals surface area contributed by atoms with Gasteiger partial charge in [0, 0.05) is 6.42 Å². The van der Waals surface area contributed by atoms with E-state index in [2.05, 4.69) is 11.8 Å². The molecule has 0 saturated heterocycles. The van der Waals surface area contributed by atoms with Gasteiger partial charge in [-0.3, -0.25) is 0 Å². The van der Waals surface area contributed by atoms with Crippen LogP contribution in [0.3, 0.4) is 0 Å². The highest BCUT2D eigenvalue weighted by molar-refractivity contribution is 7.95. The Morgan fingerprint density at radius 1 is 0.800 bits per heavy atom. The summed E-state index contributed by atoms with van der Waals surface area (Å²) in [7, 11) is -7.64. The summed E-state index contributed by atoms with van der Waals surface area (Å²) in [6, 6.07) is 13.1. The molecule has 2 rings (SSSR count). The zero-order chi connectivity index (χ0) is 22.4. The fourth-order valence-electron chi connectivity index (χ4n) is 2.96. The van der Waals surface area contributed by atoms with E-state index in [-0.39, 0.29) is 20.4 Å². The van der Waals surface area contributed by atoms with Crippen molar-refractivity contribution in [3.05, 3.63) is 70.1 Å². The zero-order valence-corrected chi connectivity index (χ0v) is 19.5. The summed E-state index contributed by atoms with van der Waals surface area (Å²) < 4.78 is 52.8. The average Bonchev–Trinajstić information content (AvgIpc) is 2.68. The van der Waals surface area contributed by atoms with Crippen molar-refractivity contribution in [3.63, 3.8) is 0 Å². The van der Waals surface area contributed by atoms with Gasteiger partial charge in [0.25, 0.3) is 0 Å². The molecule has 6 heteroatoms. The Kier molecular flexibility index (Phi) is 8.05. The van der Waals surface area contributed by atoms with E-state index >= 15 is 0 Å². The van der Waals surface area contributed by atoms with E-state index < -0.39 is 19.7 Å². The Balaban J connectivity index is 2.65. The average molecular weight is 445 g/mol. The lowest BCUT2D eigenvalue weighted by Crippen LogP contribution is -2.15. The van der Waals surface area contributed by atoms with Crippen LogP contribution in [-0.4, -0.2) is 22.6 Å². The predicted molar refractivity (Wildman–Crippen MR) is 122 cm³/mol. The van der Waals surface area contributed by atoms with Crippen molar-refractivity contribution in [2.24, 2.45) is 0 Å². The van der Waals surface area contributed by atoms with Crippen molar-refractivity contribution in [1.29, 1.82) is 0 Å². The molecule has 0 aromatic heterocycles. The standard InChI is InChI=1S/C24H28O4S2/c1-5-7-9-24(30(27,28)23-16-12-20(4)13-17-23)21(8-6-2)18-29(25,26)22-14-10-19(3)11-15-22/h10-17H,5-6,8,18H2,1-4H3/b24-21+. The summed E-state index contributed by atoms with van der Waals surface area (Å²) in [6.07, 6.45) is 1.42. The monoisotopic (exact) mass is 444 g/mol. The van der Waals surface area contributed by atoms with Crippen molar-refractivity contribution in [3.8, 4) is 11.8 Å². The van der Waals surface area contributed by atoms with Gasteiger partial charge >= 0.3 is 0 Å². The third-order valence-electron chi connectivity index (χ3n) is 4.60. The molecule has 0 fully saturated rings. The summed E-state index contributed by atoms with van der Waals surface area (Å²) in [4.78, 5) is 0.206. The quantitative estimate of drug-likeness (QED) is 0.563. The minimum Gasteiger partial charge on any atom is -0.223 e. The Morgan fingerprint density at radius 2 is 1.30 bits per heavy atom. The molecular formula is C24H28O4S2. The second kappa shape index (κ2) is 10.1. The molecule has 0 amide bonds. The van der Waals surface area contributed by atoms with Gasteiger partial charge < -0.3 is 0 Å². The number of allylic oxidation sites excluding steroid dienone is 1. The first-order chi connectivity index (χ1) is 14.1. The third-order valence-corrected chi connectivity index (χ3v) is 8.14. The van der Waals surface area contributed by atoms with E-state index in [1.165, 1.54) is 12.1 Å². The molecule has 0 radical (unpaired) electrons. The van der Waals surface area contributed by atoms with Crippen molar-refractivity contribution >= 4 is 19.7 Å². The number of hydrogen-bond acceptors (Lipinski definition) is 4. The molecule has 0 unspecified atom stereocenters. The van der Waals surface area contributed by atoms with Gasteiger partial charge in [0.1, 0.15) is 4.91 Å². The van der Waals surface area contributed by atoms with Crippen LogP contribution < -0.4 is 0 Å². The van der Waals surface area contributed by atoms with E-state index in [1.54, 1.807) is 36.4 Å². The smallest absolute Gasteiger partial charge is 0.214 e. The topological polar surface area (TPSA) is 68.3 Å². The maximum absolute atomic E-state index is 13.4. The molecule has 30 heavy (non-hydrogen) atoms. The fraction of sp³-hybridized carbons (Fsp3) is 0.333. The summed E-state index contributed by atoms with van der Waals surface area (Å²) in [5.41, 5.74) is 2.23. The molecule has 2 aromatic carbocycles. The Bertz CT molecular complexity index is 1170. The van der Waals surface area contributed by atoms with Crippen molar-refractivity contribution in [2.45, 2.75) is 56.7 Å². The Labute approximate surface area is 180 Å². The van der Waals surface area contributed by atoms with Crippen molar-refractivity contribution in [2.75, 3.05) is 5.75 Å². The van der Waals surface area contributed by atoms with E-state index in [0.29, 0.717) is 24.8 Å². The molecular weight excluding hydrogens is 416 g/mol. The minimum atomic E-state index is -3.93. The second-order valence-electron chi connectivity index (χ2n) is 7.23. The molecule has 160 valence electrons. The number of rotatable bonds is 7. The highest BCUT2D eigenvalue weighted by Gasteiger charge is 2.26. The fourth-order valence-corrected chi connectivity index (χ4v) is 6.01. The van der Waals surface area contributed by atoms with Gasteiger partial charge in [-0.05, 0) is 50.1 Å². The molecule has 0 aliphatic rings. The van der Waals surface area contributed by atoms with Gasteiger partial charge in [0.05, 0.1) is 15.5 Å². The lowest BCUT2D eigenvalue weighted by atomic mass is 10.1. The number of hydrogen-bond donors (Lipinski definition) is 0. The van der Waals surface area contributed by atoms with E-state index in [0.717, 1.165) is 11.1 Å². The zero-order valence-electron chi connectivity index (χ0n) is 17.9. The highest BCUT2D eigenvalue weighted by Crippen LogP contribution is 2.27. The van der Waals surface area contributed by atoms with Crippen molar-refractivity contribution in [1.82, 2.24) is 0 Å². The van der Waals surface area contributed by atoms with Crippen LogP contribution >= 0.6 is 0 Å². The van der Waals surface area contributed by atoms with Gasteiger partial charge in [-0.15, -0.1) is 0 Å². The molecule has 0 N–H and O–H groups in total. The largest absolute Gasteiger partial charge is 0.223 e. The van der Waals surface area contributed by atoms with Gasteiger partial charge in [-0.25, -0.2) is 16.8 Å².